The molecular weight excluding hydrogens is 236 g/mol. The summed E-state index contributed by atoms with van der Waals surface area (Å²) in [6.45, 7) is 2.53. The number of hydrogen-bond acceptors (Lipinski definition) is 5. The van der Waals surface area contributed by atoms with Gasteiger partial charge in [0.25, 0.3) is 0 Å². The average molecular weight is 252 g/mol. The lowest BCUT2D eigenvalue weighted by Gasteiger charge is -2.12. The number of cyclic esters (lactones) is 1. The van der Waals surface area contributed by atoms with Crippen molar-refractivity contribution in [2.24, 2.45) is 0 Å². The molecule has 0 spiro atoms. The summed E-state index contributed by atoms with van der Waals surface area (Å²) >= 11 is 0. The van der Waals surface area contributed by atoms with Crippen LogP contribution in [-0.4, -0.2) is 26.8 Å². The SMILES string of the molecule is CCCO[C@H]1OC(=O)c2c1ccc(OC)c2OC. The lowest BCUT2D eigenvalue weighted by Crippen LogP contribution is -2.04. The van der Waals surface area contributed by atoms with Gasteiger partial charge in [-0.15, -0.1) is 0 Å². The number of esters is 1. The number of carbonyl (C=O) groups excluding carboxylic acids is 1. The van der Waals surface area contributed by atoms with Crippen molar-refractivity contribution in [3.05, 3.63) is 23.3 Å². The van der Waals surface area contributed by atoms with Crippen molar-refractivity contribution >= 4 is 5.97 Å². The molecule has 0 N–H and O–H groups in total. The maximum atomic E-state index is 11.8. The van der Waals surface area contributed by atoms with Crippen LogP contribution in [0.25, 0.3) is 0 Å². The average Bonchev–Trinajstić information content (AvgIpc) is 2.72. The van der Waals surface area contributed by atoms with E-state index in [0.29, 0.717) is 29.2 Å². The summed E-state index contributed by atoms with van der Waals surface area (Å²) in [6.07, 6.45) is 0.212. The smallest absolute Gasteiger partial charge is 0.345 e. The van der Waals surface area contributed by atoms with Crippen molar-refractivity contribution in [1.82, 2.24) is 0 Å². The van der Waals surface area contributed by atoms with Crippen LogP contribution in [0.3, 0.4) is 0 Å². The van der Waals surface area contributed by atoms with Crippen LogP contribution in [0.15, 0.2) is 12.1 Å². The Morgan fingerprint density at radius 2 is 2.06 bits per heavy atom. The third kappa shape index (κ3) is 2.01. The van der Waals surface area contributed by atoms with E-state index in [1.54, 1.807) is 12.1 Å². The van der Waals surface area contributed by atoms with Gasteiger partial charge >= 0.3 is 5.97 Å². The Hall–Kier alpha value is -1.75. The van der Waals surface area contributed by atoms with Gasteiger partial charge in [-0.3, -0.25) is 0 Å². The zero-order chi connectivity index (χ0) is 13.1. The Labute approximate surface area is 106 Å². The van der Waals surface area contributed by atoms with Crippen LogP contribution >= 0.6 is 0 Å². The highest BCUT2D eigenvalue weighted by molar-refractivity contribution is 5.97. The molecule has 0 bridgehead atoms. The zero-order valence-electron chi connectivity index (χ0n) is 10.7. The Balaban J connectivity index is 2.41. The van der Waals surface area contributed by atoms with Crippen LogP contribution in [0.2, 0.25) is 0 Å². The quantitative estimate of drug-likeness (QED) is 0.752. The van der Waals surface area contributed by atoms with Crippen molar-refractivity contribution in [2.45, 2.75) is 19.6 Å². The fourth-order valence-electron chi connectivity index (χ4n) is 1.92. The summed E-state index contributed by atoms with van der Waals surface area (Å²) in [5.74, 6) is 0.453. The van der Waals surface area contributed by atoms with Crippen LogP contribution in [0.5, 0.6) is 11.5 Å². The number of hydrogen-bond donors (Lipinski definition) is 0. The number of benzene rings is 1. The molecule has 0 saturated carbocycles. The second-order valence-corrected chi connectivity index (χ2v) is 3.87. The van der Waals surface area contributed by atoms with Gasteiger partial charge in [0.2, 0.25) is 6.29 Å². The highest BCUT2D eigenvalue weighted by Crippen LogP contribution is 2.42. The predicted octanol–water partition coefficient (Wildman–Crippen LogP) is 2.30. The van der Waals surface area contributed by atoms with E-state index in [2.05, 4.69) is 0 Å². The summed E-state index contributed by atoms with van der Waals surface area (Å²) < 4.78 is 21.0. The predicted molar refractivity (Wildman–Crippen MR) is 63.9 cm³/mol. The standard InChI is InChI=1S/C13H16O5/c1-4-7-17-13-8-5-6-9(15-2)11(16-3)10(8)12(14)18-13/h5-6,13H,4,7H2,1-3H3/t13-/m0/s1. The van der Waals surface area contributed by atoms with Crippen molar-refractivity contribution in [2.75, 3.05) is 20.8 Å². The molecule has 1 aromatic carbocycles. The first-order valence-electron chi connectivity index (χ1n) is 5.80. The first-order chi connectivity index (χ1) is 8.72. The summed E-state index contributed by atoms with van der Waals surface area (Å²) in [7, 11) is 3.02. The molecule has 0 fully saturated rings. The first-order valence-corrected chi connectivity index (χ1v) is 5.80. The van der Waals surface area contributed by atoms with E-state index in [1.165, 1.54) is 14.2 Å². The molecule has 5 heteroatoms. The Morgan fingerprint density at radius 1 is 1.28 bits per heavy atom. The minimum absolute atomic E-state index is 0.387. The third-order valence-corrected chi connectivity index (χ3v) is 2.72. The molecule has 0 aromatic heterocycles. The Kier molecular flexibility index (Phi) is 3.72. The van der Waals surface area contributed by atoms with Gasteiger partial charge in [-0.1, -0.05) is 6.92 Å². The van der Waals surface area contributed by atoms with Crippen molar-refractivity contribution < 1.29 is 23.7 Å². The molecule has 0 amide bonds. The van der Waals surface area contributed by atoms with E-state index in [0.717, 1.165) is 6.42 Å². The van der Waals surface area contributed by atoms with Crippen molar-refractivity contribution in [1.29, 1.82) is 0 Å². The normalized spacial score (nSPS) is 17.3. The maximum absolute atomic E-state index is 11.8. The maximum Gasteiger partial charge on any atom is 0.345 e. The van der Waals surface area contributed by atoms with Crippen LogP contribution < -0.4 is 9.47 Å². The zero-order valence-corrected chi connectivity index (χ0v) is 10.7. The van der Waals surface area contributed by atoms with Gasteiger partial charge in [0.1, 0.15) is 5.56 Å². The number of ether oxygens (including phenoxy) is 4. The molecular formula is C13H16O5. The van der Waals surface area contributed by atoms with E-state index in [9.17, 15) is 4.79 Å². The Morgan fingerprint density at radius 3 is 2.67 bits per heavy atom. The summed E-state index contributed by atoms with van der Waals surface area (Å²) in [5.41, 5.74) is 1.07. The van der Waals surface area contributed by atoms with Crippen LogP contribution in [0, 0.1) is 0 Å². The van der Waals surface area contributed by atoms with Gasteiger partial charge in [0.15, 0.2) is 11.5 Å². The number of rotatable bonds is 5. The molecule has 0 aliphatic carbocycles. The third-order valence-electron chi connectivity index (χ3n) is 2.72. The fraction of sp³-hybridized carbons (Fsp3) is 0.462. The minimum Gasteiger partial charge on any atom is -0.493 e. The van der Waals surface area contributed by atoms with Crippen molar-refractivity contribution in [3.63, 3.8) is 0 Å². The van der Waals surface area contributed by atoms with E-state index in [-0.39, 0.29) is 0 Å². The number of fused-ring (bicyclic) bond motifs is 1. The molecule has 0 unspecified atom stereocenters. The summed E-state index contributed by atoms with van der Waals surface area (Å²) in [4.78, 5) is 11.8. The van der Waals surface area contributed by atoms with E-state index < -0.39 is 12.3 Å². The summed E-state index contributed by atoms with van der Waals surface area (Å²) in [5, 5.41) is 0. The number of carbonyl (C=O) groups is 1. The van der Waals surface area contributed by atoms with Gasteiger partial charge in [0.05, 0.1) is 20.8 Å². The van der Waals surface area contributed by atoms with Gasteiger partial charge in [0, 0.05) is 5.56 Å². The molecule has 0 saturated heterocycles. The van der Waals surface area contributed by atoms with Gasteiger partial charge in [-0.2, -0.15) is 0 Å². The molecule has 1 aliphatic heterocycles. The lowest BCUT2D eigenvalue weighted by molar-refractivity contribution is -0.103. The van der Waals surface area contributed by atoms with Gasteiger partial charge in [-0.25, -0.2) is 4.79 Å². The molecule has 5 nitrogen and oxygen atoms in total. The lowest BCUT2D eigenvalue weighted by atomic mass is 10.1. The molecule has 1 heterocycles. The van der Waals surface area contributed by atoms with Gasteiger partial charge in [-0.05, 0) is 18.6 Å². The minimum atomic E-state index is -0.646. The largest absolute Gasteiger partial charge is 0.493 e. The molecule has 98 valence electrons. The topological polar surface area (TPSA) is 54.0 Å². The first kappa shape index (κ1) is 12.7. The second kappa shape index (κ2) is 5.27. The van der Waals surface area contributed by atoms with Crippen LogP contribution in [0.4, 0.5) is 0 Å². The molecule has 18 heavy (non-hydrogen) atoms. The summed E-state index contributed by atoms with van der Waals surface area (Å²) in [6, 6.07) is 3.50. The van der Waals surface area contributed by atoms with E-state index in [1.807, 2.05) is 6.92 Å². The molecule has 2 rings (SSSR count). The molecule has 1 aromatic rings. The van der Waals surface area contributed by atoms with E-state index >= 15 is 0 Å². The molecule has 1 aliphatic rings. The van der Waals surface area contributed by atoms with Crippen LogP contribution in [-0.2, 0) is 9.47 Å². The van der Waals surface area contributed by atoms with E-state index in [4.69, 9.17) is 18.9 Å². The Bertz CT molecular complexity index is 455. The second-order valence-electron chi connectivity index (χ2n) is 3.87. The highest BCUT2D eigenvalue weighted by Gasteiger charge is 2.36. The van der Waals surface area contributed by atoms with Crippen LogP contribution in [0.1, 0.15) is 35.6 Å². The number of methoxy groups -OCH3 is 2. The monoisotopic (exact) mass is 252 g/mol. The molecule has 0 radical (unpaired) electrons. The van der Waals surface area contributed by atoms with Crippen molar-refractivity contribution in [3.8, 4) is 11.5 Å². The van der Waals surface area contributed by atoms with Gasteiger partial charge < -0.3 is 18.9 Å². The molecule has 1 atom stereocenters. The highest BCUT2D eigenvalue weighted by atomic mass is 16.7. The fourth-order valence-corrected chi connectivity index (χ4v) is 1.92.